The van der Waals surface area contributed by atoms with E-state index in [1.165, 1.54) is 0 Å². The van der Waals surface area contributed by atoms with Gasteiger partial charge in [-0.3, -0.25) is 0 Å². The molecule has 0 aliphatic heterocycles. The second kappa shape index (κ2) is 4.91. The van der Waals surface area contributed by atoms with Crippen molar-refractivity contribution in [3.8, 4) is 0 Å². The minimum absolute atomic E-state index is 0.155. The zero-order valence-electron chi connectivity index (χ0n) is 11.2. The van der Waals surface area contributed by atoms with Gasteiger partial charge in [0, 0.05) is 6.04 Å². The molecule has 1 heterocycles. The number of hydrogen-bond acceptors (Lipinski definition) is 4. The SMILES string of the molecule is CC(C)NCc1nnnn1C(C)C(C)(C)C. The van der Waals surface area contributed by atoms with E-state index in [0.717, 1.165) is 5.82 Å². The third-order valence-electron chi connectivity index (χ3n) is 2.85. The van der Waals surface area contributed by atoms with Crippen LogP contribution in [0.4, 0.5) is 0 Å². The molecule has 0 aromatic carbocycles. The highest BCUT2D eigenvalue weighted by molar-refractivity contribution is 4.87. The maximum absolute atomic E-state index is 4.08. The number of nitrogens with zero attached hydrogens (tertiary/aromatic N) is 4. The van der Waals surface area contributed by atoms with Gasteiger partial charge in [0.15, 0.2) is 5.82 Å². The lowest BCUT2D eigenvalue weighted by Gasteiger charge is -2.27. The maximum Gasteiger partial charge on any atom is 0.165 e. The molecule has 1 rings (SSSR count). The highest BCUT2D eigenvalue weighted by Gasteiger charge is 2.25. The smallest absolute Gasteiger partial charge is 0.165 e. The van der Waals surface area contributed by atoms with Gasteiger partial charge in [0.05, 0.1) is 12.6 Å². The minimum Gasteiger partial charge on any atom is -0.308 e. The molecule has 0 aliphatic carbocycles. The van der Waals surface area contributed by atoms with Crippen LogP contribution in [0.1, 0.15) is 53.4 Å². The van der Waals surface area contributed by atoms with Crippen molar-refractivity contribution in [3.63, 3.8) is 0 Å². The molecule has 0 fully saturated rings. The van der Waals surface area contributed by atoms with Crippen molar-refractivity contribution in [1.82, 2.24) is 25.5 Å². The van der Waals surface area contributed by atoms with Gasteiger partial charge in [-0.05, 0) is 22.8 Å². The molecule has 1 N–H and O–H groups in total. The molecule has 16 heavy (non-hydrogen) atoms. The largest absolute Gasteiger partial charge is 0.308 e. The molecular weight excluding hydrogens is 202 g/mol. The Kier molecular flexibility index (Phi) is 4.02. The van der Waals surface area contributed by atoms with Gasteiger partial charge in [-0.1, -0.05) is 34.6 Å². The van der Waals surface area contributed by atoms with E-state index in [4.69, 9.17) is 0 Å². The summed E-state index contributed by atoms with van der Waals surface area (Å²) in [5, 5.41) is 15.2. The molecule has 1 aromatic rings. The van der Waals surface area contributed by atoms with Crippen molar-refractivity contribution in [2.24, 2.45) is 5.41 Å². The zero-order chi connectivity index (χ0) is 12.3. The van der Waals surface area contributed by atoms with E-state index >= 15 is 0 Å². The number of nitrogens with one attached hydrogen (secondary N) is 1. The van der Waals surface area contributed by atoms with Crippen molar-refractivity contribution in [1.29, 1.82) is 0 Å². The first-order valence-electron chi connectivity index (χ1n) is 5.82. The van der Waals surface area contributed by atoms with E-state index in [1.54, 1.807) is 0 Å². The van der Waals surface area contributed by atoms with Crippen molar-refractivity contribution >= 4 is 0 Å². The summed E-state index contributed by atoms with van der Waals surface area (Å²) >= 11 is 0. The summed E-state index contributed by atoms with van der Waals surface area (Å²) in [6, 6.07) is 0.724. The Morgan fingerprint density at radius 1 is 1.25 bits per heavy atom. The molecule has 0 aliphatic rings. The summed E-state index contributed by atoms with van der Waals surface area (Å²) in [7, 11) is 0. The van der Waals surface area contributed by atoms with Crippen LogP contribution in [-0.2, 0) is 6.54 Å². The molecule has 0 spiro atoms. The van der Waals surface area contributed by atoms with E-state index < -0.39 is 0 Å². The third-order valence-corrected chi connectivity index (χ3v) is 2.85. The normalized spacial score (nSPS) is 14.4. The topological polar surface area (TPSA) is 55.6 Å². The molecule has 0 bridgehead atoms. The van der Waals surface area contributed by atoms with E-state index in [2.05, 4.69) is 62.4 Å². The molecule has 5 nitrogen and oxygen atoms in total. The summed E-state index contributed by atoms with van der Waals surface area (Å²) in [5.74, 6) is 0.899. The summed E-state index contributed by atoms with van der Waals surface area (Å²) in [6.07, 6.45) is 0. The van der Waals surface area contributed by atoms with Crippen LogP contribution >= 0.6 is 0 Å². The highest BCUT2D eigenvalue weighted by Crippen LogP contribution is 2.29. The van der Waals surface area contributed by atoms with Crippen LogP contribution in [0.15, 0.2) is 0 Å². The summed E-state index contributed by atoms with van der Waals surface area (Å²) < 4.78 is 1.91. The lowest BCUT2D eigenvalue weighted by molar-refractivity contribution is 0.234. The van der Waals surface area contributed by atoms with E-state index in [-0.39, 0.29) is 11.5 Å². The Morgan fingerprint density at radius 3 is 2.38 bits per heavy atom. The first-order valence-corrected chi connectivity index (χ1v) is 5.82. The first kappa shape index (κ1) is 13.1. The predicted octanol–water partition coefficient (Wildman–Crippen LogP) is 1.78. The van der Waals surface area contributed by atoms with Crippen molar-refractivity contribution in [3.05, 3.63) is 5.82 Å². The van der Waals surface area contributed by atoms with Crippen LogP contribution in [0.5, 0.6) is 0 Å². The number of aromatic nitrogens is 4. The molecule has 1 atom stereocenters. The predicted molar refractivity (Wildman–Crippen MR) is 64.0 cm³/mol. The Morgan fingerprint density at radius 2 is 1.88 bits per heavy atom. The van der Waals surface area contributed by atoms with Gasteiger partial charge in [0.25, 0.3) is 0 Å². The van der Waals surface area contributed by atoms with E-state index in [0.29, 0.717) is 12.6 Å². The van der Waals surface area contributed by atoms with Crippen molar-refractivity contribution in [2.75, 3.05) is 0 Å². The summed E-state index contributed by atoms with van der Waals surface area (Å²) in [5.41, 5.74) is 0.155. The van der Waals surface area contributed by atoms with Gasteiger partial charge in [-0.2, -0.15) is 0 Å². The van der Waals surface area contributed by atoms with Crippen LogP contribution in [0, 0.1) is 5.41 Å². The fourth-order valence-electron chi connectivity index (χ4n) is 1.29. The average molecular weight is 225 g/mol. The average Bonchev–Trinajstić information content (AvgIpc) is 2.59. The fourth-order valence-corrected chi connectivity index (χ4v) is 1.29. The van der Waals surface area contributed by atoms with E-state index in [9.17, 15) is 0 Å². The van der Waals surface area contributed by atoms with Gasteiger partial charge in [0.2, 0.25) is 0 Å². The van der Waals surface area contributed by atoms with Gasteiger partial charge < -0.3 is 5.32 Å². The molecule has 1 aromatic heterocycles. The van der Waals surface area contributed by atoms with Gasteiger partial charge >= 0.3 is 0 Å². The molecule has 1 unspecified atom stereocenters. The van der Waals surface area contributed by atoms with Crippen LogP contribution in [0.3, 0.4) is 0 Å². The quantitative estimate of drug-likeness (QED) is 0.848. The second-order valence-electron chi connectivity index (χ2n) is 5.62. The summed E-state index contributed by atoms with van der Waals surface area (Å²) in [4.78, 5) is 0. The molecule has 92 valence electrons. The van der Waals surface area contributed by atoms with Crippen LogP contribution < -0.4 is 5.32 Å². The van der Waals surface area contributed by atoms with Crippen molar-refractivity contribution in [2.45, 2.75) is 60.2 Å². The zero-order valence-corrected chi connectivity index (χ0v) is 11.2. The van der Waals surface area contributed by atoms with Gasteiger partial charge in [-0.15, -0.1) is 5.10 Å². The van der Waals surface area contributed by atoms with Crippen LogP contribution in [0.2, 0.25) is 0 Å². The Labute approximate surface area is 97.6 Å². The van der Waals surface area contributed by atoms with Gasteiger partial charge in [-0.25, -0.2) is 4.68 Å². The maximum atomic E-state index is 4.08. The number of rotatable bonds is 4. The molecule has 0 amide bonds. The number of hydrogen-bond donors (Lipinski definition) is 1. The first-order chi connectivity index (χ1) is 7.32. The Hall–Kier alpha value is -0.970. The minimum atomic E-state index is 0.155. The third kappa shape index (κ3) is 3.27. The standard InChI is InChI=1S/C11H23N5/c1-8(2)12-7-10-13-14-15-16(10)9(3)11(4,5)6/h8-9,12H,7H2,1-6H3. The Bertz CT molecular complexity index is 323. The molecule has 0 saturated carbocycles. The molecule has 0 saturated heterocycles. The second-order valence-corrected chi connectivity index (χ2v) is 5.62. The Balaban J connectivity index is 2.78. The van der Waals surface area contributed by atoms with E-state index in [1.807, 2.05) is 4.68 Å². The number of tetrazole rings is 1. The van der Waals surface area contributed by atoms with Gasteiger partial charge in [0.1, 0.15) is 0 Å². The molecule has 0 radical (unpaired) electrons. The lowest BCUT2D eigenvalue weighted by Crippen LogP contribution is -2.28. The fraction of sp³-hybridized carbons (Fsp3) is 0.909. The van der Waals surface area contributed by atoms with Crippen LogP contribution in [-0.4, -0.2) is 26.2 Å². The highest BCUT2D eigenvalue weighted by atomic mass is 15.6. The molecular formula is C11H23N5. The summed E-state index contributed by atoms with van der Waals surface area (Å²) in [6.45, 7) is 13.7. The monoisotopic (exact) mass is 225 g/mol. The molecule has 5 heteroatoms. The lowest BCUT2D eigenvalue weighted by atomic mass is 9.88. The van der Waals surface area contributed by atoms with Crippen LogP contribution in [0.25, 0.3) is 0 Å². The van der Waals surface area contributed by atoms with Crippen molar-refractivity contribution < 1.29 is 0 Å².